The predicted molar refractivity (Wildman–Crippen MR) is 146 cm³/mol. The lowest BCUT2D eigenvalue weighted by atomic mass is 10.0. The van der Waals surface area contributed by atoms with Gasteiger partial charge in [-0.25, -0.2) is 13.2 Å². The summed E-state index contributed by atoms with van der Waals surface area (Å²) in [5.74, 6) is -0.0820. The summed E-state index contributed by atoms with van der Waals surface area (Å²) in [6.07, 6.45) is -1.80. The van der Waals surface area contributed by atoms with Gasteiger partial charge in [0.15, 0.2) is 0 Å². The number of nitro benzene ring substituents is 1. The van der Waals surface area contributed by atoms with Gasteiger partial charge in [-0.15, -0.1) is 0 Å². The highest BCUT2D eigenvalue weighted by atomic mass is 32.2. The second-order valence-corrected chi connectivity index (χ2v) is 11.5. The van der Waals surface area contributed by atoms with Crippen molar-refractivity contribution in [2.75, 3.05) is 13.1 Å². The molecule has 39 heavy (non-hydrogen) atoms. The number of hydrogen-bond donors (Lipinski definition) is 2. The van der Waals surface area contributed by atoms with Crippen LogP contribution < -0.4 is 5.32 Å². The fraction of sp³-hybridized carbons (Fsp3) is 0.321. The summed E-state index contributed by atoms with van der Waals surface area (Å²) in [4.78, 5) is 22.9. The van der Waals surface area contributed by atoms with Crippen LogP contribution in [-0.4, -0.2) is 54.1 Å². The number of benzene rings is 3. The monoisotopic (exact) mass is 555 g/mol. The Labute approximate surface area is 228 Å². The zero-order valence-corrected chi connectivity index (χ0v) is 22.7. The van der Waals surface area contributed by atoms with Crippen LogP contribution in [-0.2, 0) is 27.8 Å². The Kier molecular flexibility index (Phi) is 10.6. The quantitative estimate of drug-likeness (QED) is 0.239. The summed E-state index contributed by atoms with van der Waals surface area (Å²) < 4.78 is 33.4. The smallest absolute Gasteiger partial charge is 0.407 e. The maximum absolute atomic E-state index is 13.5. The molecule has 0 aromatic heterocycles. The van der Waals surface area contributed by atoms with Gasteiger partial charge in [0.25, 0.3) is 5.69 Å². The number of hydrogen-bond acceptors (Lipinski definition) is 7. The lowest BCUT2D eigenvalue weighted by molar-refractivity contribution is -0.384. The van der Waals surface area contributed by atoms with E-state index in [1.54, 1.807) is 0 Å². The first-order valence-electron chi connectivity index (χ1n) is 12.5. The van der Waals surface area contributed by atoms with Crippen molar-refractivity contribution in [2.24, 2.45) is 5.92 Å². The number of nitrogens with one attached hydrogen (secondary N) is 1. The van der Waals surface area contributed by atoms with Crippen LogP contribution in [0, 0.1) is 16.0 Å². The summed E-state index contributed by atoms with van der Waals surface area (Å²) in [5.41, 5.74) is 1.40. The van der Waals surface area contributed by atoms with Gasteiger partial charge in [-0.1, -0.05) is 74.5 Å². The number of alkyl carbamates (subject to hydrolysis) is 1. The van der Waals surface area contributed by atoms with Crippen molar-refractivity contribution >= 4 is 21.8 Å². The summed E-state index contributed by atoms with van der Waals surface area (Å²) in [6, 6.07) is 22.1. The molecule has 0 saturated heterocycles. The van der Waals surface area contributed by atoms with Crippen LogP contribution in [0.3, 0.4) is 0 Å². The fourth-order valence-electron chi connectivity index (χ4n) is 3.97. The first-order chi connectivity index (χ1) is 18.6. The molecule has 10 nitrogen and oxygen atoms in total. The van der Waals surface area contributed by atoms with Crippen molar-refractivity contribution in [2.45, 2.75) is 43.9 Å². The third-order valence-electron chi connectivity index (χ3n) is 5.92. The van der Waals surface area contributed by atoms with E-state index >= 15 is 0 Å². The molecule has 0 aliphatic heterocycles. The minimum Gasteiger partial charge on any atom is -0.445 e. The third kappa shape index (κ3) is 8.88. The number of carbonyl (C=O) groups is 1. The van der Waals surface area contributed by atoms with E-state index in [9.17, 15) is 28.4 Å². The van der Waals surface area contributed by atoms with Gasteiger partial charge >= 0.3 is 6.09 Å². The van der Waals surface area contributed by atoms with Crippen LogP contribution in [0.2, 0.25) is 0 Å². The Hall–Kier alpha value is -3.80. The van der Waals surface area contributed by atoms with Crippen LogP contribution >= 0.6 is 0 Å². The molecule has 0 fully saturated rings. The molecule has 0 radical (unpaired) electrons. The van der Waals surface area contributed by atoms with Crippen LogP contribution in [0.5, 0.6) is 0 Å². The Morgan fingerprint density at radius 2 is 1.51 bits per heavy atom. The highest BCUT2D eigenvalue weighted by molar-refractivity contribution is 7.89. The lowest BCUT2D eigenvalue weighted by Gasteiger charge is -2.30. The van der Waals surface area contributed by atoms with E-state index in [4.69, 9.17) is 4.74 Å². The number of non-ortho nitro benzene ring substituents is 1. The molecule has 2 atom stereocenters. The zero-order valence-electron chi connectivity index (χ0n) is 21.8. The molecule has 0 spiro atoms. The molecule has 0 unspecified atom stereocenters. The van der Waals surface area contributed by atoms with Crippen molar-refractivity contribution in [3.63, 3.8) is 0 Å². The van der Waals surface area contributed by atoms with E-state index in [0.717, 1.165) is 27.6 Å². The Balaban J connectivity index is 1.80. The number of ether oxygens (including phenoxy) is 1. The molecule has 0 bridgehead atoms. The van der Waals surface area contributed by atoms with Gasteiger partial charge in [-0.2, -0.15) is 4.31 Å². The number of carbonyl (C=O) groups excluding carboxylic acids is 1. The normalized spacial score (nSPS) is 13.2. The van der Waals surface area contributed by atoms with Crippen molar-refractivity contribution in [3.05, 3.63) is 106 Å². The third-order valence-corrected chi connectivity index (χ3v) is 7.77. The minimum atomic E-state index is -4.11. The maximum Gasteiger partial charge on any atom is 0.407 e. The molecule has 0 aliphatic rings. The van der Waals surface area contributed by atoms with E-state index in [1.807, 2.05) is 74.5 Å². The van der Waals surface area contributed by atoms with Crippen LogP contribution in [0.15, 0.2) is 89.8 Å². The largest absolute Gasteiger partial charge is 0.445 e. The summed E-state index contributed by atoms with van der Waals surface area (Å²) in [5, 5.41) is 24.9. The second kappa shape index (κ2) is 13.8. The average molecular weight is 556 g/mol. The predicted octanol–water partition coefficient (Wildman–Crippen LogP) is 4.14. The Bertz CT molecular complexity index is 1320. The van der Waals surface area contributed by atoms with E-state index < -0.39 is 33.2 Å². The number of nitro groups is 1. The summed E-state index contributed by atoms with van der Waals surface area (Å²) >= 11 is 0. The molecule has 3 rings (SSSR count). The highest BCUT2D eigenvalue weighted by Gasteiger charge is 2.32. The molecule has 3 aromatic carbocycles. The maximum atomic E-state index is 13.5. The molecule has 2 N–H and O–H groups in total. The van der Waals surface area contributed by atoms with Gasteiger partial charge in [0.1, 0.15) is 6.61 Å². The molecule has 0 saturated carbocycles. The first kappa shape index (κ1) is 29.8. The number of aliphatic hydroxyl groups excluding tert-OH is 1. The van der Waals surface area contributed by atoms with Crippen molar-refractivity contribution in [3.8, 4) is 0 Å². The number of rotatable bonds is 13. The van der Waals surface area contributed by atoms with Gasteiger partial charge in [0.2, 0.25) is 10.0 Å². The first-order valence-corrected chi connectivity index (χ1v) is 13.9. The molecule has 11 heteroatoms. The van der Waals surface area contributed by atoms with Crippen LogP contribution in [0.4, 0.5) is 10.5 Å². The van der Waals surface area contributed by atoms with Crippen LogP contribution in [0.1, 0.15) is 25.0 Å². The molecule has 3 aromatic rings. The number of aliphatic hydroxyl groups is 1. The van der Waals surface area contributed by atoms with Gasteiger partial charge in [-0.3, -0.25) is 10.1 Å². The lowest BCUT2D eigenvalue weighted by Crippen LogP contribution is -2.51. The van der Waals surface area contributed by atoms with Crippen molar-refractivity contribution in [1.29, 1.82) is 0 Å². The number of amides is 1. The SMILES string of the molecule is CC(C)CN(C[C@H](O)[C@@H](Cc1ccccc1)NC(=O)OCc1ccccc1)S(=O)(=O)c1ccc([N+](=O)[O-])cc1. The van der Waals surface area contributed by atoms with Gasteiger partial charge in [0.05, 0.1) is 22.0 Å². The molecule has 208 valence electrons. The van der Waals surface area contributed by atoms with Gasteiger partial charge in [0, 0.05) is 25.2 Å². The molecule has 0 heterocycles. The van der Waals surface area contributed by atoms with E-state index in [0.29, 0.717) is 0 Å². The Morgan fingerprint density at radius 3 is 2.05 bits per heavy atom. The fourth-order valence-corrected chi connectivity index (χ4v) is 5.59. The number of sulfonamides is 1. The van der Waals surface area contributed by atoms with E-state index in [1.165, 1.54) is 12.1 Å². The summed E-state index contributed by atoms with van der Waals surface area (Å²) in [7, 11) is -4.11. The van der Waals surface area contributed by atoms with Gasteiger partial charge in [-0.05, 0) is 35.6 Å². The highest BCUT2D eigenvalue weighted by Crippen LogP contribution is 2.22. The van der Waals surface area contributed by atoms with Crippen molar-refractivity contribution in [1.82, 2.24) is 9.62 Å². The van der Waals surface area contributed by atoms with Crippen molar-refractivity contribution < 1.29 is 28.0 Å². The topological polar surface area (TPSA) is 139 Å². The average Bonchev–Trinajstić information content (AvgIpc) is 2.92. The molecule has 1 amide bonds. The molecular formula is C28H33N3O7S. The van der Waals surface area contributed by atoms with E-state index in [-0.39, 0.29) is 42.6 Å². The van der Waals surface area contributed by atoms with Gasteiger partial charge < -0.3 is 15.2 Å². The summed E-state index contributed by atoms with van der Waals surface area (Å²) in [6.45, 7) is 3.49. The second-order valence-electron chi connectivity index (χ2n) is 9.54. The van der Waals surface area contributed by atoms with E-state index in [2.05, 4.69) is 5.32 Å². The van der Waals surface area contributed by atoms with Crippen LogP contribution in [0.25, 0.3) is 0 Å². The zero-order chi connectivity index (χ0) is 28.4. The Morgan fingerprint density at radius 1 is 0.949 bits per heavy atom. The molecular weight excluding hydrogens is 522 g/mol. The minimum absolute atomic E-state index is 0.0365. The standard InChI is InChI=1S/C28H33N3O7S/c1-21(2)18-30(39(36,37)25-15-13-24(14-16-25)31(34)35)19-27(32)26(17-22-9-5-3-6-10-22)29-28(33)38-20-23-11-7-4-8-12-23/h3-16,21,26-27,32H,17-20H2,1-2H3,(H,29,33)/t26-,27+/m1/s1. The number of nitrogens with zero attached hydrogens (tertiary/aromatic N) is 2. The molecule has 0 aliphatic carbocycles.